The highest BCUT2D eigenvalue weighted by Crippen LogP contribution is 2.29. The predicted octanol–water partition coefficient (Wildman–Crippen LogP) is 3.52. The van der Waals surface area contributed by atoms with E-state index in [1.165, 1.54) is 18.2 Å². The van der Waals surface area contributed by atoms with E-state index in [0.717, 1.165) is 37.6 Å². The number of hydrogen-bond acceptors (Lipinski definition) is 6. The lowest BCUT2D eigenvalue weighted by Crippen LogP contribution is -2.48. The zero-order chi connectivity index (χ0) is 20.8. The third-order valence-electron chi connectivity index (χ3n) is 4.68. The zero-order valence-electron chi connectivity index (χ0n) is 16.1. The number of para-hydroxylation sites is 2. The number of rotatable bonds is 7. The molecule has 0 radical (unpaired) electrons. The number of nitrogens with zero attached hydrogens (tertiary/aromatic N) is 3. The summed E-state index contributed by atoms with van der Waals surface area (Å²) in [7, 11) is 0. The highest BCUT2D eigenvalue weighted by atomic mass is 79.9. The van der Waals surface area contributed by atoms with Crippen molar-refractivity contribution in [3.05, 3.63) is 57.1 Å². The first-order chi connectivity index (χ1) is 14.0. The molecule has 0 saturated carbocycles. The number of amides is 1. The summed E-state index contributed by atoms with van der Waals surface area (Å²) < 4.78 is 6.20. The third kappa shape index (κ3) is 5.45. The van der Waals surface area contributed by atoms with E-state index in [2.05, 4.69) is 37.1 Å². The maximum absolute atomic E-state index is 12.4. The van der Waals surface area contributed by atoms with Gasteiger partial charge in [0.2, 0.25) is 5.91 Å². The van der Waals surface area contributed by atoms with Gasteiger partial charge in [-0.15, -0.1) is 0 Å². The number of nitro benzene ring substituents is 1. The molecule has 0 unspecified atom stereocenters. The molecule has 1 N–H and O–H groups in total. The Kier molecular flexibility index (Phi) is 7.05. The molecule has 154 valence electrons. The third-order valence-corrected chi connectivity index (χ3v) is 5.34. The molecule has 1 aliphatic rings. The minimum atomic E-state index is -0.473. The van der Waals surface area contributed by atoms with Gasteiger partial charge in [0.25, 0.3) is 5.69 Å². The van der Waals surface area contributed by atoms with Crippen molar-refractivity contribution in [1.29, 1.82) is 0 Å². The topological polar surface area (TPSA) is 88.0 Å². The van der Waals surface area contributed by atoms with E-state index in [4.69, 9.17) is 4.74 Å². The molecule has 0 aliphatic carbocycles. The highest BCUT2D eigenvalue weighted by Gasteiger charge is 2.21. The van der Waals surface area contributed by atoms with Crippen LogP contribution < -0.4 is 15.0 Å². The number of halogens is 1. The molecule has 1 heterocycles. The Bertz CT molecular complexity index is 885. The lowest BCUT2D eigenvalue weighted by atomic mass is 10.2. The maximum Gasteiger partial charge on any atom is 0.270 e. The number of hydrogen-bond donors (Lipinski definition) is 1. The highest BCUT2D eigenvalue weighted by molar-refractivity contribution is 9.10. The molecule has 3 rings (SSSR count). The normalized spacial score (nSPS) is 14.5. The lowest BCUT2D eigenvalue weighted by molar-refractivity contribution is -0.384. The van der Waals surface area contributed by atoms with Crippen LogP contribution in [0.25, 0.3) is 0 Å². The minimum Gasteiger partial charge on any atom is -0.492 e. The number of ether oxygens (including phenoxy) is 1. The van der Waals surface area contributed by atoms with Crippen LogP contribution in [0.1, 0.15) is 6.92 Å². The fourth-order valence-electron chi connectivity index (χ4n) is 3.25. The molecule has 0 bridgehead atoms. The first kappa shape index (κ1) is 21.1. The molecule has 2 aromatic carbocycles. The first-order valence-electron chi connectivity index (χ1n) is 9.41. The van der Waals surface area contributed by atoms with Gasteiger partial charge in [0.1, 0.15) is 5.75 Å². The van der Waals surface area contributed by atoms with Gasteiger partial charge in [0.15, 0.2) is 0 Å². The van der Waals surface area contributed by atoms with Gasteiger partial charge in [-0.1, -0.05) is 12.1 Å². The van der Waals surface area contributed by atoms with Gasteiger partial charge in [-0.05, 0) is 41.1 Å². The van der Waals surface area contributed by atoms with Crippen LogP contribution in [0.3, 0.4) is 0 Å². The summed E-state index contributed by atoms with van der Waals surface area (Å²) in [4.78, 5) is 27.1. The SMILES string of the molecule is CCOc1ccccc1N1CCN(CC(=O)Nc2ccc([N+](=O)[O-])cc2Br)CC1. The number of anilines is 2. The maximum atomic E-state index is 12.4. The minimum absolute atomic E-state index is 0.0293. The molecule has 0 spiro atoms. The van der Waals surface area contributed by atoms with E-state index in [-0.39, 0.29) is 18.1 Å². The Morgan fingerprint density at radius 2 is 1.93 bits per heavy atom. The van der Waals surface area contributed by atoms with E-state index < -0.39 is 4.92 Å². The fraction of sp³-hybridized carbons (Fsp3) is 0.350. The summed E-state index contributed by atoms with van der Waals surface area (Å²) in [5.74, 6) is 0.729. The Morgan fingerprint density at radius 1 is 1.21 bits per heavy atom. The Balaban J connectivity index is 1.53. The number of benzene rings is 2. The summed E-state index contributed by atoms with van der Waals surface area (Å²) in [6.07, 6.45) is 0. The van der Waals surface area contributed by atoms with Gasteiger partial charge >= 0.3 is 0 Å². The van der Waals surface area contributed by atoms with Crippen molar-refractivity contribution in [1.82, 2.24) is 4.90 Å². The number of carbonyl (C=O) groups is 1. The predicted molar refractivity (Wildman–Crippen MR) is 116 cm³/mol. The summed E-state index contributed by atoms with van der Waals surface area (Å²) in [6.45, 7) is 5.98. The second-order valence-corrected chi connectivity index (χ2v) is 7.49. The van der Waals surface area contributed by atoms with Crippen molar-refractivity contribution < 1.29 is 14.5 Å². The van der Waals surface area contributed by atoms with Crippen LogP contribution in [0, 0.1) is 10.1 Å². The molecule has 1 amide bonds. The lowest BCUT2D eigenvalue weighted by Gasteiger charge is -2.36. The molecule has 9 heteroatoms. The molecule has 0 atom stereocenters. The molecule has 29 heavy (non-hydrogen) atoms. The molecule has 1 fully saturated rings. The molecule has 8 nitrogen and oxygen atoms in total. The van der Waals surface area contributed by atoms with E-state index in [1.54, 1.807) is 0 Å². The average molecular weight is 463 g/mol. The summed E-state index contributed by atoms with van der Waals surface area (Å²) in [5.41, 5.74) is 1.57. The van der Waals surface area contributed by atoms with Crippen molar-refractivity contribution in [2.75, 3.05) is 49.5 Å². The van der Waals surface area contributed by atoms with Crippen molar-refractivity contribution in [2.24, 2.45) is 0 Å². The van der Waals surface area contributed by atoms with Gasteiger partial charge < -0.3 is 15.0 Å². The molecule has 2 aromatic rings. The molecule has 1 saturated heterocycles. The van der Waals surface area contributed by atoms with Crippen molar-refractivity contribution in [2.45, 2.75) is 6.92 Å². The molecule has 0 aromatic heterocycles. The second kappa shape index (κ2) is 9.71. The van der Waals surface area contributed by atoms with Gasteiger partial charge in [-0.25, -0.2) is 0 Å². The van der Waals surface area contributed by atoms with Gasteiger partial charge in [-0.2, -0.15) is 0 Å². The van der Waals surface area contributed by atoms with Crippen molar-refractivity contribution >= 4 is 38.9 Å². The van der Waals surface area contributed by atoms with Crippen LogP contribution in [-0.4, -0.2) is 55.1 Å². The van der Waals surface area contributed by atoms with Gasteiger partial charge in [-0.3, -0.25) is 19.8 Å². The first-order valence-corrected chi connectivity index (χ1v) is 10.2. The summed E-state index contributed by atoms with van der Waals surface area (Å²) >= 11 is 3.27. The van der Waals surface area contributed by atoms with Crippen LogP contribution >= 0.6 is 15.9 Å². The van der Waals surface area contributed by atoms with E-state index in [0.29, 0.717) is 16.8 Å². The molecule has 1 aliphatic heterocycles. The number of nitro groups is 1. The standard InChI is InChI=1S/C20H23BrN4O4/c1-2-29-19-6-4-3-5-18(19)24-11-9-23(10-12-24)14-20(26)22-17-8-7-15(25(27)28)13-16(17)21/h3-8,13H,2,9-12,14H2,1H3,(H,22,26). The monoisotopic (exact) mass is 462 g/mol. The zero-order valence-corrected chi connectivity index (χ0v) is 17.7. The van der Waals surface area contributed by atoms with E-state index in [1.807, 2.05) is 25.1 Å². The van der Waals surface area contributed by atoms with Crippen molar-refractivity contribution in [3.63, 3.8) is 0 Å². The van der Waals surface area contributed by atoms with E-state index in [9.17, 15) is 14.9 Å². The van der Waals surface area contributed by atoms with E-state index >= 15 is 0 Å². The smallest absolute Gasteiger partial charge is 0.270 e. The van der Waals surface area contributed by atoms with Crippen LogP contribution in [0.5, 0.6) is 5.75 Å². The van der Waals surface area contributed by atoms with Crippen LogP contribution in [0.15, 0.2) is 46.9 Å². The Morgan fingerprint density at radius 3 is 2.59 bits per heavy atom. The second-order valence-electron chi connectivity index (χ2n) is 6.63. The fourth-order valence-corrected chi connectivity index (χ4v) is 3.72. The van der Waals surface area contributed by atoms with Crippen LogP contribution in [0.2, 0.25) is 0 Å². The molecular formula is C20H23BrN4O4. The Labute approximate surface area is 177 Å². The van der Waals surface area contributed by atoms with Crippen LogP contribution in [0.4, 0.5) is 17.1 Å². The number of piperazine rings is 1. The number of carbonyl (C=O) groups excluding carboxylic acids is 1. The van der Waals surface area contributed by atoms with Crippen LogP contribution in [-0.2, 0) is 4.79 Å². The summed E-state index contributed by atoms with van der Waals surface area (Å²) in [5, 5.41) is 13.6. The number of non-ortho nitro benzene ring substituents is 1. The van der Waals surface area contributed by atoms with Gasteiger partial charge in [0.05, 0.1) is 29.4 Å². The Hall–Kier alpha value is -2.65. The van der Waals surface area contributed by atoms with Crippen molar-refractivity contribution in [3.8, 4) is 5.75 Å². The summed E-state index contributed by atoms with van der Waals surface area (Å²) in [6, 6.07) is 12.3. The van der Waals surface area contributed by atoms with Gasteiger partial charge in [0, 0.05) is 42.8 Å². The quantitative estimate of drug-likeness (QED) is 0.500. The average Bonchev–Trinajstić information content (AvgIpc) is 2.71. The number of nitrogens with one attached hydrogen (secondary N) is 1. The molecular weight excluding hydrogens is 440 g/mol. The largest absolute Gasteiger partial charge is 0.492 e.